The molecule has 3 nitrogen and oxygen atoms in total. The van der Waals surface area contributed by atoms with Gasteiger partial charge >= 0.3 is 0 Å². The molecule has 118 valence electrons. The number of halogens is 1. The first-order valence-corrected chi connectivity index (χ1v) is 9.14. The van der Waals surface area contributed by atoms with Crippen LogP contribution in [0, 0.1) is 5.92 Å². The van der Waals surface area contributed by atoms with Crippen LogP contribution >= 0.6 is 28.1 Å². The summed E-state index contributed by atoms with van der Waals surface area (Å²) in [6, 6.07) is 8.57. The highest BCUT2D eigenvalue weighted by Crippen LogP contribution is 2.42. The summed E-state index contributed by atoms with van der Waals surface area (Å²) in [6.07, 6.45) is 6.77. The summed E-state index contributed by atoms with van der Waals surface area (Å²) in [6.45, 7) is 4.14. The number of nitrogens with zero attached hydrogens (tertiary/aromatic N) is 2. The highest BCUT2D eigenvalue weighted by molar-refractivity contribution is 9.10. The molecule has 0 saturated heterocycles. The van der Waals surface area contributed by atoms with E-state index >= 15 is 0 Å². The molecule has 0 aromatic heterocycles. The fourth-order valence-electron chi connectivity index (χ4n) is 3.20. The number of hydrogen-bond donors (Lipinski definition) is 1. The van der Waals surface area contributed by atoms with Crippen LogP contribution in [0.4, 0.5) is 0 Å². The first kappa shape index (κ1) is 15.9. The Morgan fingerprint density at radius 3 is 2.82 bits per heavy atom. The van der Waals surface area contributed by atoms with Crippen LogP contribution in [0.1, 0.15) is 38.2 Å². The van der Waals surface area contributed by atoms with Crippen LogP contribution in [-0.4, -0.2) is 29.4 Å². The SMILES string of the molecule is CC(NC(=S)N1C=NCCC1)(c1cccc(Br)c1)C1CCC1. The monoisotopic (exact) mass is 379 g/mol. The van der Waals surface area contributed by atoms with Crippen molar-refractivity contribution in [3.05, 3.63) is 34.3 Å². The van der Waals surface area contributed by atoms with E-state index in [0.717, 1.165) is 29.1 Å². The van der Waals surface area contributed by atoms with Crippen LogP contribution in [0.5, 0.6) is 0 Å². The molecule has 1 N–H and O–H groups in total. The summed E-state index contributed by atoms with van der Waals surface area (Å²) >= 11 is 9.25. The number of hydrogen-bond acceptors (Lipinski definition) is 2. The lowest BCUT2D eigenvalue weighted by molar-refractivity contribution is 0.160. The van der Waals surface area contributed by atoms with Crippen LogP contribution in [0.15, 0.2) is 33.7 Å². The van der Waals surface area contributed by atoms with Gasteiger partial charge in [0.15, 0.2) is 5.11 Å². The summed E-state index contributed by atoms with van der Waals surface area (Å²) in [5.74, 6) is 0.626. The number of rotatable bonds is 3. The molecule has 1 atom stereocenters. The normalized spacial score (nSPS) is 21.1. The third-order valence-corrected chi connectivity index (χ3v) is 5.71. The zero-order valence-corrected chi connectivity index (χ0v) is 15.3. The lowest BCUT2D eigenvalue weighted by Crippen LogP contribution is -2.55. The first-order valence-electron chi connectivity index (χ1n) is 7.94. The fourth-order valence-corrected chi connectivity index (χ4v) is 3.95. The van der Waals surface area contributed by atoms with Crippen LogP contribution in [0.3, 0.4) is 0 Å². The predicted molar refractivity (Wildman–Crippen MR) is 99.3 cm³/mol. The van der Waals surface area contributed by atoms with Crippen molar-refractivity contribution in [1.29, 1.82) is 0 Å². The molecule has 0 bridgehead atoms. The van der Waals surface area contributed by atoms with E-state index in [9.17, 15) is 0 Å². The summed E-state index contributed by atoms with van der Waals surface area (Å²) in [4.78, 5) is 6.40. The highest BCUT2D eigenvalue weighted by Gasteiger charge is 2.40. The molecule has 1 aromatic rings. The van der Waals surface area contributed by atoms with E-state index in [0.29, 0.717) is 5.92 Å². The van der Waals surface area contributed by atoms with Crippen molar-refractivity contribution in [3.63, 3.8) is 0 Å². The molecule has 1 saturated carbocycles. The first-order chi connectivity index (χ1) is 10.6. The quantitative estimate of drug-likeness (QED) is 0.801. The molecule has 0 radical (unpaired) electrons. The average molecular weight is 380 g/mol. The molecule has 1 aliphatic carbocycles. The maximum Gasteiger partial charge on any atom is 0.174 e. The molecule has 0 spiro atoms. The molecule has 1 aromatic carbocycles. The third kappa shape index (κ3) is 3.20. The Hall–Kier alpha value is -0.940. The lowest BCUT2D eigenvalue weighted by atomic mass is 9.68. The van der Waals surface area contributed by atoms with Crippen LogP contribution < -0.4 is 5.32 Å². The standard InChI is InChI=1S/C17H22BrN3S/c1-17(13-5-2-6-13,14-7-3-8-15(18)11-14)20-16(22)21-10-4-9-19-12-21/h3,7-8,11-13H,2,4-6,9-10H2,1H3,(H,20,22). The second-order valence-electron chi connectivity index (χ2n) is 6.34. The number of nitrogens with one attached hydrogen (secondary N) is 1. The van der Waals surface area contributed by atoms with Gasteiger partial charge in [0.2, 0.25) is 0 Å². The highest BCUT2D eigenvalue weighted by atomic mass is 79.9. The second kappa shape index (κ2) is 6.67. The average Bonchev–Trinajstić information content (AvgIpc) is 2.46. The zero-order chi connectivity index (χ0) is 15.6. The van der Waals surface area contributed by atoms with Gasteiger partial charge in [-0.05, 0) is 62.0 Å². The van der Waals surface area contributed by atoms with Gasteiger partial charge in [0.25, 0.3) is 0 Å². The Morgan fingerprint density at radius 1 is 1.41 bits per heavy atom. The van der Waals surface area contributed by atoms with Gasteiger partial charge in [-0.1, -0.05) is 34.5 Å². The van der Waals surface area contributed by atoms with Crippen LogP contribution in [0.25, 0.3) is 0 Å². The lowest BCUT2D eigenvalue weighted by Gasteiger charge is -2.45. The van der Waals surface area contributed by atoms with E-state index in [2.05, 4.69) is 62.3 Å². The summed E-state index contributed by atoms with van der Waals surface area (Å²) in [5, 5.41) is 4.44. The Kier molecular flexibility index (Phi) is 4.83. The van der Waals surface area contributed by atoms with Crippen LogP contribution in [-0.2, 0) is 5.54 Å². The maximum absolute atomic E-state index is 5.66. The third-order valence-electron chi connectivity index (χ3n) is 4.88. The minimum absolute atomic E-state index is 0.121. The van der Waals surface area contributed by atoms with Gasteiger partial charge in [0, 0.05) is 17.6 Å². The van der Waals surface area contributed by atoms with Gasteiger partial charge in [0.05, 0.1) is 11.9 Å². The molecule has 22 heavy (non-hydrogen) atoms. The molecule has 1 unspecified atom stereocenters. The number of thiocarbonyl (C=S) groups is 1. The molecule has 0 amide bonds. The van der Waals surface area contributed by atoms with E-state index in [1.165, 1.54) is 24.8 Å². The van der Waals surface area contributed by atoms with Gasteiger partial charge in [-0.2, -0.15) is 0 Å². The van der Waals surface area contributed by atoms with Gasteiger partial charge in [-0.3, -0.25) is 4.99 Å². The van der Waals surface area contributed by atoms with Crippen molar-refractivity contribution >= 4 is 39.6 Å². The van der Waals surface area contributed by atoms with Crippen molar-refractivity contribution in [2.45, 2.75) is 38.1 Å². The maximum atomic E-state index is 5.66. The van der Waals surface area contributed by atoms with E-state index < -0.39 is 0 Å². The minimum atomic E-state index is -0.121. The smallest absolute Gasteiger partial charge is 0.174 e. The molecular formula is C17H22BrN3S. The summed E-state index contributed by atoms with van der Waals surface area (Å²) in [5.41, 5.74) is 1.17. The molecule has 1 fully saturated rings. The fraction of sp³-hybridized carbons (Fsp3) is 0.529. The second-order valence-corrected chi connectivity index (χ2v) is 7.64. The van der Waals surface area contributed by atoms with Gasteiger partial charge in [0.1, 0.15) is 0 Å². The number of aliphatic imine (C=N–C) groups is 1. The Balaban J connectivity index is 1.84. The molecular weight excluding hydrogens is 358 g/mol. The van der Waals surface area contributed by atoms with Gasteiger partial charge in [-0.15, -0.1) is 0 Å². The van der Waals surface area contributed by atoms with E-state index in [4.69, 9.17) is 12.2 Å². The molecule has 1 heterocycles. The van der Waals surface area contributed by atoms with E-state index in [1.807, 2.05) is 6.34 Å². The zero-order valence-electron chi connectivity index (χ0n) is 12.9. The Labute approximate surface area is 146 Å². The van der Waals surface area contributed by atoms with Crippen molar-refractivity contribution in [2.24, 2.45) is 10.9 Å². The molecule has 1 aliphatic heterocycles. The van der Waals surface area contributed by atoms with Gasteiger partial charge in [-0.25, -0.2) is 0 Å². The van der Waals surface area contributed by atoms with Crippen molar-refractivity contribution < 1.29 is 0 Å². The van der Waals surface area contributed by atoms with E-state index in [1.54, 1.807) is 0 Å². The van der Waals surface area contributed by atoms with Gasteiger partial charge < -0.3 is 10.2 Å². The Morgan fingerprint density at radius 2 is 2.23 bits per heavy atom. The predicted octanol–water partition coefficient (Wildman–Crippen LogP) is 4.07. The number of benzene rings is 1. The van der Waals surface area contributed by atoms with E-state index in [-0.39, 0.29) is 5.54 Å². The minimum Gasteiger partial charge on any atom is -0.353 e. The topological polar surface area (TPSA) is 27.6 Å². The van der Waals surface area contributed by atoms with Crippen molar-refractivity contribution in [2.75, 3.05) is 13.1 Å². The largest absolute Gasteiger partial charge is 0.353 e. The van der Waals surface area contributed by atoms with Crippen molar-refractivity contribution in [3.8, 4) is 0 Å². The Bertz CT molecular complexity index is 585. The van der Waals surface area contributed by atoms with Crippen molar-refractivity contribution in [1.82, 2.24) is 10.2 Å². The molecule has 2 aliphatic rings. The summed E-state index contributed by atoms with van der Waals surface area (Å²) < 4.78 is 1.11. The molecule has 3 rings (SSSR count). The summed E-state index contributed by atoms with van der Waals surface area (Å²) in [7, 11) is 0. The van der Waals surface area contributed by atoms with Crippen LogP contribution in [0.2, 0.25) is 0 Å². The molecule has 5 heteroatoms.